The fraction of sp³-hybridized carbons (Fsp3) is 0.433. The number of aromatic nitrogens is 2. The van der Waals surface area contributed by atoms with Crippen LogP contribution in [0.3, 0.4) is 0 Å². The molecular formula is C30H24F8N6OS. The Balaban J connectivity index is 1.46. The van der Waals surface area contributed by atoms with Gasteiger partial charge in [0.1, 0.15) is 41.0 Å². The highest BCUT2D eigenvalue weighted by atomic mass is 32.1. The first-order valence-electron chi connectivity index (χ1n) is 14.4. The lowest BCUT2D eigenvalue weighted by atomic mass is 9.92. The summed E-state index contributed by atoms with van der Waals surface area (Å²) >= 11 is 0.631. The molecular weight excluding hydrogens is 644 g/mol. The van der Waals surface area contributed by atoms with E-state index < -0.39 is 82.0 Å². The lowest BCUT2D eigenvalue weighted by molar-refractivity contribution is -0.137. The molecule has 7 rings (SSSR count). The number of alkyl halides is 6. The molecule has 0 radical (unpaired) electrons. The van der Waals surface area contributed by atoms with Crippen molar-refractivity contribution in [2.75, 3.05) is 43.4 Å². The van der Waals surface area contributed by atoms with E-state index in [9.17, 15) is 36.0 Å². The third kappa shape index (κ3) is 4.86. The third-order valence-corrected chi connectivity index (χ3v) is 10.1. The van der Waals surface area contributed by atoms with Crippen LogP contribution in [-0.2, 0) is 6.18 Å². The van der Waals surface area contributed by atoms with Crippen molar-refractivity contribution in [1.29, 1.82) is 5.26 Å². The summed E-state index contributed by atoms with van der Waals surface area (Å²) in [5, 5.41) is 8.74. The number of fused-ring (bicyclic) bond motifs is 3. The SMILES string of the molecule is N#Cc1c(N)sc2c(F)ccc(-c3c(C(F)(F)F)cc4c(N5CCC(F)(F)C5)nc(OC[C@@]56CCCN5C[C@H](F)C6)nc4c3F)c12. The quantitative estimate of drug-likeness (QED) is 0.228. The number of ether oxygens (including phenoxy) is 1. The molecule has 0 bridgehead atoms. The van der Waals surface area contributed by atoms with Crippen LogP contribution < -0.4 is 15.4 Å². The Morgan fingerprint density at radius 2 is 1.93 bits per heavy atom. The van der Waals surface area contributed by atoms with E-state index in [-0.39, 0.29) is 52.6 Å². The molecule has 4 aromatic rings. The van der Waals surface area contributed by atoms with Gasteiger partial charge in [-0.2, -0.15) is 28.4 Å². The second kappa shape index (κ2) is 10.5. The number of nitrogens with two attached hydrogens (primary N) is 1. The molecule has 2 aromatic heterocycles. The lowest BCUT2D eigenvalue weighted by Crippen LogP contribution is -2.43. The summed E-state index contributed by atoms with van der Waals surface area (Å²) < 4.78 is 124. The Kier molecular flexibility index (Phi) is 7.02. The van der Waals surface area contributed by atoms with Crippen LogP contribution >= 0.6 is 11.3 Å². The smallest absolute Gasteiger partial charge is 0.417 e. The van der Waals surface area contributed by atoms with Crippen LogP contribution in [0.5, 0.6) is 6.01 Å². The highest BCUT2D eigenvalue weighted by Gasteiger charge is 2.49. The number of nitriles is 1. The van der Waals surface area contributed by atoms with Crippen LogP contribution in [0.15, 0.2) is 18.2 Å². The maximum atomic E-state index is 16.7. The highest BCUT2D eigenvalue weighted by molar-refractivity contribution is 7.23. The second-order valence-electron chi connectivity index (χ2n) is 12.0. The van der Waals surface area contributed by atoms with Crippen LogP contribution in [0, 0.1) is 23.0 Å². The van der Waals surface area contributed by atoms with E-state index in [1.165, 1.54) is 0 Å². The van der Waals surface area contributed by atoms with Gasteiger partial charge in [-0.05, 0) is 37.1 Å². The van der Waals surface area contributed by atoms with Gasteiger partial charge in [0, 0.05) is 42.3 Å². The number of hydrogen-bond acceptors (Lipinski definition) is 8. The van der Waals surface area contributed by atoms with Crippen molar-refractivity contribution >= 4 is 43.1 Å². The molecule has 3 aliphatic heterocycles. The highest BCUT2D eigenvalue weighted by Crippen LogP contribution is 2.48. The molecule has 0 amide bonds. The predicted octanol–water partition coefficient (Wildman–Crippen LogP) is 7.06. The normalized spacial score (nSPS) is 23.0. The standard InChI is InChI=1S/C30H24F8N6OS/c31-14-9-28(4-1-6-44(28)11-14)13-45-27-41-23-16(26(42-27)43-7-5-29(34,35)12-43)8-18(30(36,37)38)21(22(23)33)15-2-3-19(32)24-20(15)17(10-39)25(40)46-24/h2-3,8,14H,1,4-7,9,11-13,40H2/t14-,28+/m1/s1. The van der Waals surface area contributed by atoms with Crippen LogP contribution in [0.25, 0.3) is 32.1 Å². The van der Waals surface area contributed by atoms with Gasteiger partial charge in [-0.1, -0.05) is 6.07 Å². The van der Waals surface area contributed by atoms with E-state index in [1.807, 2.05) is 4.90 Å². The van der Waals surface area contributed by atoms with Crippen molar-refractivity contribution in [3.8, 4) is 23.2 Å². The van der Waals surface area contributed by atoms with Crippen molar-refractivity contribution in [1.82, 2.24) is 14.9 Å². The van der Waals surface area contributed by atoms with Gasteiger partial charge >= 0.3 is 12.2 Å². The average molecular weight is 669 g/mol. The van der Waals surface area contributed by atoms with Crippen LogP contribution in [0.1, 0.15) is 36.8 Å². The van der Waals surface area contributed by atoms with E-state index in [0.717, 1.165) is 23.5 Å². The van der Waals surface area contributed by atoms with E-state index in [4.69, 9.17) is 10.5 Å². The minimum absolute atomic E-state index is 0.109. The molecule has 5 heterocycles. The Bertz CT molecular complexity index is 1940. The zero-order valence-electron chi connectivity index (χ0n) is 23.8. The molecule has 16 heteroatoms. The van der Waals surface area contributed by atoms with Crippen molar-refractivity contribution in [2.45, 2.75) is 49.5 Å². The van der Waals surface area contributed by atoms with Crippen molar-refractivity contribution in [3.63, 3.8) is 0 Å². The van der Waals surface area contributed by atoms with Crippen LogP contribution in [-0.4, -0.2) is 65.3 Å². The summed E-state index contributed by atoms with van der Waals surface area (Å²) in [7, 11) is 0. The Morgan fingerprint density at radius 1 is 1.15 bits per heavy atom. The summed E-state index contributed by atoms with van der Waals surface area (Å²) in [6.07, 6.45) is -5.35. The average Bonchev–Trinajstić information content (AvgIpc) is 3.72. The Morgan fingerprint density at radius 3 is 2.63 bits per heavy atom. The number of nitrogens with zero attached hydrogens (tertiary/aromatic N) is 5. The van der Waals surface area contributed by atoms with Crippen LogP contribution in [0.2, 0.25) is 0 Å². The number of nitrogen functional groups attached to an aromatic ring is 1. The lowest BCUT2D eigenvalue weighted by Gasteiger charge is -2.31. The first-order chi connectivity index (χ1) is 21.7. The molecule has 3 saturated heterocycles. The molecule has 7 nitrogen and oxygen atoms in total. The summed E-state index contributed by atoms with van der Waals surface area (Å²) in [5.41, 5.74) is 1.21. The van der Waals surface area contributed by atoms with E-state index in [1.54, 1.807) is 6.07 Å². The number of hydrogen-bond donors (Lipinski definition) is 1. The number of benzene rings is 2. The number of rotatable bonds is 5. The van der Waals surface area contributed by atoms with E-state index in [2.05, 4.69) is 9.97 Å². The minimum atomic E-state index is -5.20. The van der Waals surface area contributed by atoms with Crippen LogP contribution in [0.4, 0.5) is 45.9 Å². The first-order valence-corrected chi connectivity index (χ1v) is 15.2. The van der Waals surface area contributed by atoms with Gasteiger partial charge in [0.05, 0.1) is 27.9 Å². The molecule has 46 heavy (non-hydrogen) atoms. The fourth-order valence-electron chi connectivity index (χ4n) is 7.06. The summed E-state index contributed by atoms with van der Waals surface area (Å²) in [4.78, 5) is 11.3. The van der Waals surface area contributed by atoms with Gasteiger partial charge in [0.25, 0.3) is 5.92 Å². The molecule has 0 spiro atoms. The van der Waals surface area contributed by atoms with E-state index in [0.29, 0.717) is 30.4 Å². The van der Waals surface area contributed by atoms with Gasteiger partial charge < -0.3 is 15.4 Å². The summed E-state index contributed by atoms with van der Waals surface area (Å²) in [6.45, 7) is -0.440. The second-order valence-corrected chi connectivity index (χ2v) is 13.0. The molecule has 2 aromatic carbocycles. The van der Waals surface area contributed by atoms with Gasteiger partial charge in [-0.3, -0.25) is 4.90 Å². The summed E-state index contributed by atoms with van der Waals surface area (Å²) in [5.74, 6) is -5.94. The van der Waals surface area contributed by atoms with Crippen molar-refractivity contribution < 1.29 is 39.9 Å². The molecule has 2 atom stereocenters. The predicted molar refractivity (Wildman–Crippen MR) is 155 cm³/mol. The minimum Gasteiger partial charge on any atom is -0.461 e. The third-order valence-electron chi connectivity index (χ3n) is 9.10. The molecule has 0 aliphatic carbocycles. The molecule has 2 N–H and O–H groups in total. The van der Waals surface area contributed by atoms with Gasteiger partial charge in [0.15, 0.2) is 5.82 Å². The first kappa shape index (κ1) is 30.7. The maximum absolute atomic E-state index is 16.7. The zero-order chi connectivity index (χ0) is 32.8. The van der Waals surface area contributed by atoms with Crippen molar-refractivity contribution in [3.05, 3.63) is 41.0 Å². The monoisotopic (exact) mass is 668 g/mol. The molecule has 3 aliphatic rings. The van der Waals surface area contributed by atoms with Gasteiger partial charge in [0.2, 0.25) is 0 Å². The Hall–Kier alpha value is -3.97. The molecule has 0 unspecified atom stereocenters. The molecule has 242 valence electrons. The Labute approximate surface area is 260 Å². The van der Waals surface area contributed by atoms with Gasteiger partial charge in [-0.25, -0.2) is 22.0 Å². The number of thiophene rings is 1. The molecule has 3 fully saturated rings. The number of halogens is 8. The summed E-state index contributed by atoms with van der Waals surface area (Å²) in [6, 6.07) is 3.62. The molecule has 0 saturated carbocycles. The number of anilines is 2. The zero-order valence-corrected chi connectivity index (χ0v) is 24.6. The maximum Gasteiger partial charge on any atom is 0.417 e. The largest absolute Gasteiger partial charge is 0.461 e. The fourth-order valence-corrected chi connectivity index (χ4v) is 8.01. The van der Waals surface area contributed by atoms with E-state index >= 15 is 4.39 Å². The van der Waals surface area contributed by atoms with Gasteiger partial charge in [-0.15, -0.1) is 11.3 Å². The topological polar surface area (TPSA) is 91.3 Å². The van der Waals surface area contributed by atoms with Crippen molar-refractivity contribution in [2.24, 2.45) is 0 Å².